The van der Waals surface area contributed by atoms with Crippen molar-refractivity contribution in [1.82, 2.24) is 15.1 Å². The first-order valence-electron chi connectivity index (χ1n) is 7.17. The molecule has 0 radical (unpaired) electrons. The molecular formula is C15H18N4O2S. The molecule has 1 aliphatic rings. The summed E-state index contributed by atoms with van der Waals surface area (Å²) in [6.45, 7) is 2.22. The number of aryl methyl sites for hydroxylation is 1. The van der Waals surface area contributed by atoms with Crippen molar-refractivity contribution in [3.8, 4) is 0 Å². The van der Waals surface area contributed by atoms with Crippen molar-refractivity contribution in [2.24, 2.45) is 5.92 Å². The van der Waals surface area contributed by atoms with E-state index in [4.69, 9.17) is 0 Å². The third-order valence-electron chi connectivity index (χ3n) is 3.74. The van der Waals surface area contributed by atoms with Crippen LogP contribution < -0.4 is 10.6 Å². The largest absolute Gasteiger partial charge is 0.358 e. The molecule has 0 saturated heterocycles. The van der Waals surface area contributed by atoms with E-state index in [9.17, 15) is 9.59 Å². The minimum absolute atomic E-state index is 0.0237. The Balaban J connectivity index is 1.56. The lowest BCUT2D eigenvalue weighted by atomic mass is 10.2. The van der Waals surface area contributed by atoms with Crippen LogP contribution in [-0.4, -0.2) is 28.6 Å². The third-order valence-corrected chi connectivity index (χ3v) is 4.87. The van der Waals surface area contributed by atoms with Crippen LogP contribution in [0.3, 0.4) is 0 Å². The standard InChI is InChI=1S/C15H18N4O2S/c1-9-3-4-13(22-9)11-5-12(11)15(21)18-10-6-17-19(7-10)8-14(20)16-2/h3-4,6-7,11-12H,5,8H2,1-2H3,(H,16,20)(H,18,21)/t11-,12+/m1/s1. The van der Waals surface area contributed by atoms with Crippen LogP contribution in [0.5, 0.6) is 0 Å². The Morgan fingerprint density at radius 2 is 2.27 bits per heavy atom. The topological polar surface area (TPSA) is 76.0 Å². The van der Waals surface area contributed by atoms with Crippen molar-refractivity contribution in [3.63, 3.8) is 0 Å². The minimum atomic E-state index is -0.128. The van der Waals surface area contributed by atoms with Gasteiger partial charge in [-0.2, -0.15) is 5.10 Å². The van der Waals surface area contributed by atoms with Crippen molar-refractivity contribution < 1.29 is 9.59 Å². The molecule has 2 aromatic heterocycles. The van der Waals surface area contributed by atoms with Gasteiger partial charge in [-0.05, 0) is 25.5 Å². The maximum Gasteiger partial charge on any atom is 0.241 e. The van der Waals surface area contributed by atoms with Crippen LogP contribution in [0.2, 0.25) is 0 Å². The van der Waals surface area contributed by atoms with E-state index in [-0.39, 0.29) is 24.3 Å². The number of anilines is 1. The van der Waals surface area contributed by atoms with Crippen molar-refractivity contribution >= 4 is 28.8 Å². The number of rotatable bonds is 5. The van der Waals surface area contributed by atoms with E-state index in [0.29, 0.717) is 11.6 Å². The number of likely N-dealkylation sites (N-methyl/N-ethyl adjacent to an activating group) is 1. The average Bonchev–Trinajstić information content (AvgIpc) is 3.00. The van der Waals surface area contributed by atoms with E-state index in [2.05, 4.69) is 34.8 Å². The second kappa shape index (κ2) is 5.92. The Morgan fingerprint density at radius 3 is 2.95 bits per heavy atom. The van der Waals surface area contributed by atoms with Gasteiger partial charge in [-0.25, -0.2) is 0 Å². The van der Waals surface area contributed by atoms with Gasteiger partial charge in [-0.3, -0.25) is 14.3 Å². The van der Waals surface area contributed by atoms with Gasteiger partial charge in [-0.1, -0.05) is 0 Å². The van der Waals surface area contributed by atoms with Crippen molar-refractivity contribution in [3.05, 3.63) is 34.3 Å². The molecule has 0 aromatic carbocycles. The van der Waals surface area contributed by atoms with Crippen molar-refractivity contribution in [1.29, 1.82) is 0 Å². The molecule has 2 amide bonds. The van der Waals surface area contributed by atoms with E-state index in [1.165, 1.54) is 14.4 Å². The fraction of sp³-hybridized carbons (Fsp3) is 0.400. The normalized spacial score (nSPS) is 19.7. The molecule has 116 valence electrons. The van der Waals surface area contributed by atoms with Crippen LogP contribution in [-0.2, 0) is 16.1 Å². The zero-order chi connectivity index (χ0) is 15.7. The smallest absolute Gasteiger partial charge is 0.241 e. The molecular weight excluding hydrogens is 300 g/mol. The van der Waals surface area contributed by atoms with Gasteiger partial charge in [0, 0.05) is 34.8 Å². The van der Waals surface area contributed by atoms with Crippen LogP contribution in [0.1, 0.15) is 22.1 Å². The van der Waals surface area contributed by atoms with E-state index >= 15 is 0 Å². The molecule has 0 aliphatic heterocycles. The summed E-state index contributed by atoms with van der Waals surface area (Å²) < 4.78 is 1.50. The summed E-state index contributed by atoms with van der Waals surface area (Å²) in [5.41, 5.74) is 0.627. The number of nitrogens with one attached hydrogen (secondary N) is 2. The highest BCUT2D eigenvalue weighted by atomic mass is 32.1. The molecule has 0 spiro atoms. The molecule has 1 aliphatic carbocycles. The number of hydrogen-bond acceptors (Lipinski definition) is 4. The minimum Gasteiger partial charge on any atom is -0.358 e. The summed E-state index contributed by atoms with van der Waals surface area (Å²) in [5, 5.41) is 9.47. The first-order chi connectivity index (χ1) is 10.6. The molecule has 2 atom stereocenters. The van der Waals surface area contributed by atoms with Crippen LogP contribution in [0.25, 0.3) is 0 Å². The number of aromatic nitrogens is 2. The Labute approximate surface area is 132 Å². The maximum atomic E-state index is 12.2. The predicted octanol–water partition coefficient (Wildman–Crippen LogP) is 1.74. The van der Waals surface area contributed by atoms with Gasteiger partial charge >= 0.3 is 0 Å². The zero-order valence-electron chi connectivity index (χ0n) is 12.5. The van der Waals surface area contributed by atoms with Gasteiger partial charge < -0.3 is 10.6 Å². The molecule has 7 heteroatoms. The maximum absolute atomic E-state index is 12.2. The van der Waals surface area contributed by atoms with Crippen LogP contribution in [0.4, 0.5) is 5.69 Å². The summed E-state index contributed by atoms with van der Waals surface area (Å²) in [6, 6.07) is 4.20. The number of carbonyl (C=O) groups excluding carboxylic acids is 2. The van der Waals surface area contributed by atoms with Gasteiger partial charge in [0.1, 0.15) is 6.54 Å². The predicted molar refractivity (Wildman–Crippen MR) is 84.8 cm³/mol. The molecule has 3 rings (SSSR count). The second-order valence-electron chi connectivity index (χ2n) is 5.49. The first-order valence-corrected chi connectivity index (χ1v) is 7.98. The summed E-state index contributed by atoms with van der Waals surface area (Å²) in [5.74, 6) is 0.284. The lowest BCUT2D eigenvalue weighted by molar-refractivity contribution is -0.121. The highest BCUT2D eigenvalue weighted by Crippen LogP contribution is 2.50. The number of nitrogens with zero attached hydrogens (tertiary/aromatic N) is 2. The Kier molecular flexibility index (Phi) is 3.98. The fourth-order valence-electron chi connectivity index (χ4n) is 2.43. The number of thiophene rings is 1. The zero-order valence-corrected chi connectivity index (χ0v) is 13.3. The molecule has 2 aromatic rings. The molecule has 2 heterocycles. The fourth-order valence-corrected chi connectivity index (χ4v) is 3.48. The molecule has 2 N–H and O–H groups in total. The number of hydrogen-bond donors (Lipinski definition) is 2. The third kappa shape index (κ3) is 3.19. The highest BCUT2D eigenvalue weighted by Gasteiger charge is 2.44. The monoisotopic (exact) mass is 318 g/mol. The number of carbonyl (C=O) groups is 2. The molecule has 1 saturated carbocycles. The van der Waals surface area contributed by atoms with Crippen LogP contribution >= 0.6 is 11.3 Å². The lowest BCUT2D eigenvalue weighted by Gasteiger charge is -2.01. The highest BCUT2D eigenvalue weighted by molar-refractivity contribution is 7.12. The van der Waals surface area contributed by atoms with Gasteiger partial charge in [0.25, 0.3) is 0 Å². The molecule has 0 bridgehead atoms. The Hall–Kier alpha value is -2.15. The van der Waals surface area contributed by atoms with E-state index < -0.39 is 0 Å². The molecule has 6 nitrogen and oxygen atoms in total. The van der Waals surface area contributed by atoms with Gasteiger partial charge in [-0.15, -0.1) is 11.3 Å². The van der Waals surface area contributed by atoms with Gasteiger partial charge in [0.05, 0.1) is 11.9 Å². The summed E-state index contributed by atoms with van der Waals surface area (Å²) in [6.07, 6.45) is 4.13. The lowest BCUT2D eigenvalue weighted by Crippen LogP contribution is -2.23. The van der Waals surface area contributed by atoms with Crippen molar-refractivity contribution in [2.75, 3.05) is 12.4 Å². The Bertz CT molecular complexity index is 706. The second-order valence-corrected chi connectivity index (χ2v) is 6.81. The van der Waals surface area contributed by atoms with Crippen LogP contribution in [0, 0.1) is 12.8 Å². The SMILES string of the molecule is CNC(=O)Cn1cc(NC(=O)[C@H]2C[C@H]2c2ccc(C)s2)cn1. The number of amides is 2. The van der Waals surface area contributed by atoms with Crippen molar-refractivity contribution in [2.45, 2.75) is 25.8 Å². The Morgan fingerprint density at radius 1 is 1.45 bits per heavy atom. The van der Waals surface area contributed by atoms with Crippen LogP contribution in [0.15, 0.2) is 24.5 Å². The quantitative estimate of drug-likeness (QED) is 0.881. The average molecular weight is 318 g/mol. The van der Waals surface area contributed by atoms with E-state index in [1.807, 2.05) is 0 Å². The first kappa shape index (κ1) is 14.8. The van der Waals surface area contributed by atoms with E-state index in [1.54, 1.807) is 30.8 Å². The molecule has 1 fully saturated rings. The summed E-state index contributed by atoms with van der Waals surface area (Å²) >= 11 is 1.76. The molecule has 0 unspecified atom stereocenters. The summed E-state index contributed by atoms with van der Waals surface area (Å²) in [4.78, 5) is 26.1. The van der Waals surface area contributed by atoms with E-state index in [0.717, 1.165) is 6.42 Å². The van der Waals surface area contributed by atoms with Gasteiger partial charge in [0.15, 0.2) is 0 Å². The molecule has 22 heavy (non-hydrogen) atoms. The summed E-state index contributed by atoms with van der Waals surface area (Å²) in [7, 11) is 1.58. The van der Waals surface area contributed by atoms with Gasteiger partial charge in [0.2, 0.25) is 11.8 Å².